The first-order valence-electron chi connectivity index (χ1n) is 7.28. The second kappa shape index (κ2) is 5.22. The van der Waals surface area contributed by atoms with Gasteiger partial charge < -0.3 is 14.4 Å². The molecule has 0 unspecified atom stereocenters. The number of aromatic nitrogens is 3. The molecule has 0 aliphatic carbocycles. The maximum atomic E-state index is 11.9. The molecular weight excluding hydrogens is 292 g/mol. The van der Waals surface area contributed by atoms with Crippen LogP contribution in [0.4, 0.5) is 5.69 Å². The topological polar surface area (TPSA) is 75.0 Å². The van der Waals surface area contributed by atoms with Gasteiger partial charge in [-0.15, -0.1) is 0 Å². The van der Waals surface area contributed by atoms with Crippen LogP contribution in [0.3, 0.4) is 0 Å². The summed E-state index contributed by atoms with van der Waals surface area (Å²) in [4.78, 5) is 21.4. The van der Waals surface area contributed by atoms with Crippen molar-refractivity contribution in [1.29, 1.82) is 0 Å². The number of hydrogen-bond acceptors (Lipinski definition) is 4. The van der Waals surface area contributed by atoms with Crippen molar-refractivity contribution in [3.8, 4) is 11.1 Å². The number of anilines is 1. The Kier molecular flexibility index (Phi) is 3.47. The number of aromatic amines is 1. The van der Waals surface area contributed by atoms with Gasteiger partial charge in [0.25, 0.3) is 0 Å². The normalized spacial score (nSPS) is 14.0. The van der Waals surface area contributed by atoms with Gasteiger partial charge in [-0.25, -0.2) is 4.98 Å². The first-order chi connectivity index (χ1) is 10.5. The van der Waals surface area contributed by atoms with Crippen molar-refractivity contribution in [1.82, 2.24) is 15.1 Å². The number of nitrogens with one attached hydrogen (secondary N) is 1. The summed E-state index contributed by atoms with van der Waals surface area (Å²) in [6, 6.07) is 4.04. The molecule has 3 heterocycles. The Hall–Kier alpha value is -2.63. The molecule has 0 spiro atoms. The van der Waals surface area contributed by atoms with Gasteiger partial charge in [0.15, 0.2) is 0 Å². The summed E-state index contributed by atoms with van der Waals surface area (Å²) in [5.74, 6) is 1.74. The Morgan fingerprint density at radius 1 is 1.26 bits per heavy atom. The number of rotatable bonds is 2. The number of fused-ring (bicyclic) bond motifs is 1. The van der Waals surface area contributed by atoms with Crippen LogP contribution in [0, 0.1) is 20.8 Å². The number of amides is 1. The molecule has 1 amide bonds. The van der Waals surface area contributed by atoms with E-state index in [2.05, 4.69) is 15.1 Å². The van der Waals surface area contributed by atoms with E-state index in [-0.39, 0.29) is 13.3 Å². The molecule has 1 aliphatic rings. The Labute approximate surface area is 134 Å². The lowest BCUT2D eigenvalue weighted by atomic mass is 10.0. The number of imidazole rings is 1. The number of benzene rings is 1. The lowest BCUT2D eigenvalue weighted by Gasteiger charge is -2.31. The standard InChI is InChI=1S/C16H16N4O2.CH4/c1-8-15(9(2)22-19-8)11-6-12-16(18-10(3)17-12)13(7-11)20-5-4-14(20)21;/h6-7H,4-5H2,1-3H3,(H,17,18);1H4. The molecule has 6 nitrogen and oxygen atoms in total. The van der Waals surface area contributed by atoms with Crippen molar-refractivity contribution >= 4 is 22.6 Å². The molecule has 1 aromatic carbocycles. The maximum absolute atomic E-state index is 11.9. The number of aryl methyl sites for hydroxylation is 3. The van der Waals surface area contributed by atoms with E-state index in [0.717, 1.165) is 51.7 Å². The zero-order valence-electron chi connectivity index (χ0n) is 12.7. The predicted octanol–water partition coefficient (Wildman–Crippen LogP) is 3.52. The van der Waals surface area contributed by atoms with Crippen LogP contribution >= 0.6 is 0 Å². The van der Waals surface area contributed by atoms with Crippen molar-refractivity contribution < 1.29 is 9.32 Å². The number of nitrogens with zero attached hydrogens (tertiary/aromatic N) is 3. The smallest absolute Gasteiger partial charge is 0.228 e. The lowest BCUT2D eigenvalue weighted by Crippen LogP contribution is -2.43. The fourth-order valence-corrected chi connectivity index (χ4v) is 3.04. The quantitative estimate of drug-likeness (QED) is 0.735. The van der Waals surface area contributed by atoms with Gasteiger partial charge in [0.1, 0.15) is 17.1 Å². The van der Waals surface area contributed by atoms with Gasteiger partial charge >= 0.3 is 0 Å². The van der Waals surface area contributed by atoms with Crippen LogP contribution in [0.5, 0.6) is 0 Å². The average molecular weight is 312 g/mol. The summed E-state index contributed by atoms with van der Waals surface area (Å²) in [7, 11) is 0. The molecule has 1 aliphatic heterocycles. The molecule has 4 rings (SSSR count). The van der Waals surface area contributed by atoms with Gasteiger partial charge in [-0.05, 0) is 38.5 Å². The minimum absolute atomic E-state index is 0. The molecule has 0 radical (unpaired) electrons. The number of hydrogen-bond donors (Lipinski definition) is 1. The van der Waals surface area contributed by atoms with Crippen LogP contribution < -0.4 is 4.90 Å². The van der Waals surface area contributed by atoms with Crippen LogP contribution in [0.2, 0.25) is 0 Å². The summed E-state index contributed by atoms with van der Waals surface area (Å²) in [5.41, 5.74) is 5.42. The fourth-order valence-electron chi connectivity index (χ4n) is 3.04. The van der Waals surface area contributed by atoms with Crippen molar-refractivity contribution in [3.05, 3.63) is 29.4 Å². The van der Waals surface area contributed by atoms with E-state index in [9.17, 15) is 4.79 Å². The molecule has 2 aromatic heterocycles. The summed E-state index contributed by atoms with van der Waals surface area (Å²) < 4.78 is 5.27. The number of carbonyl (C=O) groups excluding carboxylic acids is 1. The Balaban J connectivity index is 0.00000156. The highest BCUT2D eigenvalue weighted by Crippen LogP contribution is 2.36. The summed E-state index contributed by atoms with van der Waals surface area (Å²) in [6.45, 7) is 6.47. The van der Waals surface area contributed by atoms with E-state index in [0.29, 0.717) is 6.42 Å². The van der Waals surface area contributed by atoms with Gasteiger partial charge in [0.2, 0.25) is 5.91 Å². The first kappa shape index (κ1) is 15.3. The zero-order valence-corrected chi connectivity index (χ0v) is 12.7. The first-order valence-corrected chi connectivity index (χ1v) is 7.28. The second-order valence-electron chi connectivity index (χ2n) is 5.71. The molecular formula is C17H20N4O2. The van der Waals surface area contributed by atoms with E-state index in [1.165, 1.54) is 0 Å². The summed E-state index contributed by atoms with van der Waals surface area (Å²) in [6.07, 6.45) is 0.598. The van der Waals surface area contributed by atoms with E-state index < -0.39 is 0 Å². The van der Waals surface area contributed by atoms with Gasteiger partial charge in [-0.1, -0.05) is 12.6 Å². The Morgan fingerprint density at radius 2 is 2.04 bits per heavy atom. The third kappa shape index (κ3) is 2.21. The van der Waals surface area contributed by atoms with Crippen LogP contribution in [-0.2, 0) is 4.79 Å². The van der Waals surface area contributed by atoms with Crippen LogP contribution in [0.15, 0.2) is 16.7 Å². The SMILES string of the molecule is C.Cc1nc2c(N3CCC3=O)cc(-c3c(C)noc3C)cc2[nH]1. The molecule has 6 heteroatoms. The monoisotopic (exact) mass is 312 g/mol. The third-order valence-corrected chi connectivity index (χ3v) is 4.15. The summed E-state index contributed by atoms with van der Waals surface area (Å²) >= 11 is 0. The van der Waals surface area contributed by atoms with Crippen LogP contribution in [-0.4, -0.2) is 27.6 Å². The third-order valence-electron chi connectivity index (χ3n) is 4.15. The molecule has 0 atom stereocenters. The number of H-pyrrole nitrogens is 1. The van der Waals surface area contributed by atoms with E-state index in [1.807, 2.05) is 32.9 Å². The van der Waals surface area contributed by atoms with Gasteiger partial charge in [-0.3, -0.25) is 4.79 Å². The summed E-state index contributed by atoms with van der Waals surface area (Å²) in [5, 5.41) is 4.02. The Morgan fingerprint density at radius 3 is 2.61 bits per heavy atom. The highest BCUT2D eigenvalue weighted by Gasteiger charge is 2.28. The fraction of sp³-hybridized carbons (Fsp3) is 0.353. The van der Waals surface area contributed by atoms with Gasteiger partial charge in [0, 0.05) is 18.5 Å². The molecule has 1 fully saturated rings. The van der Waals surface area contributed by atoms with Crippen molar-refractivity contribution in [2.75, 3.05) is 11.4 Å². The zero-order chi connectivity index (χ0) is 15.4. The minimum atomic E-state index is 0. The highest BCUT2D eigenvalue weighted by atomic mass is 16.5. The predicted molar refractivity (Wildman–Crippen MR) is 89.5 cm³/mol. The molecule has 0 saturated carbocycles. The molecule has 23 heavy (non-hydrogen) atoms. The molecule has 1 N–H and O–H groups in total. The second-order valence-corrected chi connectivity index (χ2v) is 5.71. The number of β-lactam (4-membered cyclic amide) rings is 1. The van der Waals surface area contributed by atoms with Crippen molar-refractivity contribution in [2.24, 2.45) is 0 Å². The largest absolute Gasteiger partial charge is 0.361 e. The van der Waals surface area contributed by atoms with Crippen molar-refractivity contribution in [3.63, 3.8) is 0 Å². The minimum Gasteiger partial charge on any atom is -0.361 e. The number of carbonyl (C=O) groups is 1. The van der Waals surface area contributed by atoms with Gasteiger partial charge in [0.05, 0.1) is 16.9 Å². The molecule has 120 valence electrons. The molecule has 1 saturated heterocycles. The maximum Gasteiger partial charge on any atom is 0.228 e. The highest BCUT2D eigenvalue weighted by molar-refractivity contribution is 6.07. The van der Waals surface area contributed by atoms with E-state index in [1.54, 1.807) is 4.90 Å². The van der Waals surface area contributed by atoms with E-state index in [4.69, 9.17) is 4.52 Å². The van der Waals surface area contributed by atoms with Crippen LogP contribution in [0.25, 0.3) is 22.2 Å². The van der Waals surface area contributed by atoms with E-state index >= 15 is 0 Å². The molecule has 3 aromatic rings. The lowest BCUT2D eigenvalue weighted by molar-refractivity contribution is -0.122. The Bertz CT molecular complexity index is 887. The van der Waals surface area contributed by atoms with Gasteiger partial charge in [-0.2, -0.15) is 0 Å². The average Bonchev–Trinajstić information content (AvgIpc) is 2.99. The molecule has 0 bridgehead atoms. The van der Waals surface area contributed by atoms with Crippen LogP contribution in [0.1, 0.15) is 31.1 Å². The van der Waals surface area contributed by atoms with Crippen molar-refractivity contribution in [2.45, 2.75) is 34.6 Å².